The summed E-state index contributed by atoms with van der Waals surface area (Å²) in [5, 5.41) is 17.9. The van der Waals surface area contributed by atoms with Crippen molar-refractivity contribution >= 4 is 5.97 Å². The molecule has 9 nitrogen and oxygen atoms in total. The number of benzene rings is 1. The molecule has 0 fully saturated rings. The molecule has 0 aliphatic heterocycles. The Morgan fingerprint density at radius 2 is 1.67 bits per heavy atom. The number of aliphatic carboxylic acids is 1. The number of carboxylic acid groups (broad SMARTS) is 1. The minimum absolute atomic E-state index is 0.130. The number of nitrogens with zero attached hydrogens (tertiary/aromatic N) is 5. The maximum Gasteiger partial charge on any atom is 0.417 e. The first-order chi connectivity index (χ1) is 17.2. The van der Waals surface area contributed by atoms with Crippen LogP contribution in [-0.2, 0) is 23.8 Å². The van der Waals surface area contributed by atoms with Gasteiger partial charge in [-0.25, -0.2) is 14.3 Å². The summed E-state index contributed by atoms with van der Waals surface area (Å²) in [5.74, 6) is -0.336. The van der Waals surface area contributed by atoms with Gasteiger partial charge >= 0.3 is 12.1 Å². The largest absolute Gasteiger partial charge is 0.481 e. The zero-order chi connectivity index (χ0) is 25.7. The van der Waals surface area contributed by atoms with Crippen LogP contribution in [0.25, 0.3) is 11.5 Å². The fourth-order valence-electron chi connectivity index (χ4n) is 3.40. The molecule has 12 heteroatoms. The Hall–Kier alpha value is -4.35. The average Bonchev–Trinajstić information content (AvgIpc) is 3.43. The highest BCUT2D eigenvalue weighted by molar-refractivity contribution is 5.71. The van der Waals surface area contributed by atoms with Gasteiger partial charge in [0.25, 0.3) is 0 Å². The fraction of sp³-hybridized carbons (Fsp3) is 0.250. The quantitative estimate of drug-likeness (QED) is 0.349. The molecule has 36 heavy (non-hydrogen) atoms. The maximum atomic E-state index is 12.8. The van der Waals surface area contributed by atoms with Gasteiger partial charge in [-0.05, 0) is 31.2 Å². The number of ether oxygens (including phenoxy) is 2. The molecule has 0 unspecified atom stereocenters. The van der Waals surface area contributed by atoms with E-state index in [0.717, 1.165) is 18.0 Å². The van der Waals surface area contributed by atoms with Gasteiger partial charge in [0.1, 0.15) is 0 Å². The van der Waals surface area contributed by atoms with Gasteiger partial charge < -0.3 is 14.6 Å². The van der Waals surface area contributed by atoms with Crippen LogP contribution >= 0.6 is 0 Å². The van der Waals surface area contributed by atoms with Gasteiger partial charge in [0, 0.05) is 36.1 Å². The summed E-state index contributed by atoms with van der Waals surface area (Å²) in [5.41, 5.74) is 0.953. The standard InChI is InChI=1S/C24H22F3N5O4/c1-2-35-22-16(14-32(30-22)20-9-8-18(13-28-20)24(25,26)27)10-11-36-23-17(12-21(33)34)15-31(29-23)19-6-4-3-5-7-19/h3-9,13-15H,2,10-12H2,1H3,(H,33,34). The zero-order valence-corrected chi connectivity index (χ0v) is 19.1. The summed E-state index contributed by atoms with van der Waals surface area (Å²) in [4.78, 5) is 15.2. The number of pyridine rings is 1. The molecule has 0 bridgehead atoms. The van der Waals surface area contributed by atoms with Gasteiger partial charge in [-0.1, -0.05) is 18.2 Å². The van der Waals surface area contributed by atoms with Crippen LogP contribution < -0.4 is 9.47 Å². The Morgan fingerprint density at radius 1 is 0.972 bits per heavy atom. The molecule has 0 radical (unpaired) electrons. The second-order valence-electron chi connectivity index (χ2n) is 7.65. The highest BCUT2D eigenvalue weighted by Crippen LogP contribution is 2.29. The van der Waals surface area contributed by atoms with Gasteiger partial charge in [-0.15, -0.1) is 10.2 Å². The Morgan fingerprint density at radius 3 is 2.31 bits per heavy atom. The van der Waals surface area contributed by atoms with Crippen LogP contribution in [0.4, 0.5) is 13.2 Å². The highest BCUT2D eigenvalue weighted by Gasteiger charge is 2.30. The molecule has 1 aromatic carbocycles. The minimum atomic E-state index is -4.48. The van der Waals surface area contributed by atoms with Crippen molar-refractivity contribution < 1.29 is 32.5 Å². The molecule has 0 atom stereocenters. The molecule has 0 saturated carbocycles. The molecule has 0 aliphatic rings. The summed E-state index contributed by atoms with van der Waals surface area (Å²) in [6.07, 6.45) is -0.469. The fourth-order valence-corrected chi connectivity index (χ4v) is 3.40. The summed E-state index contributed by atoms with van der Waals surface area (Å²) in [7, 11) is 0. The Balaban J connectivity index is 1.51. The summed E-state index contributed by atoms with van der Waals surface area (Å²) in [6, 6.07) is 11.4. The third-order valence-corrected chi connectivity index (χ3v) is 5.07. The predicted octanol–water partition coefficient (Wildman–Crippen LogP) is 4.12. The number of aromatic nitrogens is 5. The Labute approximate surface area is 203 Å². The van der Waals surface area contributed by atoms with Gasteiger partial charge in [-0.2, -0.15) is 13.2 Å². The van der Waals surface area contributed by atoms with E-state index in [0.29, 0.717) is 30.0 Å². The maximum absolute atomic E-state index is 12.8. The van der Waals surface area contributed by atoms with Crippen LogP contribution in [0, 0.1) is 0 Å². The number of carboxylic acids is 1. The zero-order valence-electron chi connectivity index (χ0n) is 19.1. The van der Waals surface area contributed by atoms with E-state index < -0.39 is 17.7 Å². The lowest BCUT2D eigenvalue weighted by molar-refractivity contribution is -0.138. The smallest absolute Gasteiger partial charge is 0.417 e. The first-order valence-corrected chi connectivity index (χ1v) is 11.0. The van der Waals surface area contributed by atoms with Crippen LogP contribution in [0.2, 0.25) is 0 Å². The molecule has 1 N–H and O–H groups in total. The Bertz CT molecular complexity index is 1320. The van der Waals surface area contributed by atoms with E-state index in [1.165, 1.54) is 10.7 Å². The molecule has 188 valence electrons. The van der Waals surface area contributed by atoms with E-state index in [1.54, 1.807) is 24.0 Å². The van der Waals surface area contributed by atoms with Crippen molar-refractivity contribution in [2.75, 3.05) is 13.2 Å². The lowest BCUT2D eigenvalue weighted by atomic mass is 10.2. The summed E-state index contributed by atoms with van der Waals surface area (Å²) < 4.78 is 52.8. The van der Waals surface area contributed by atoms with Crippen molar-refractivity contribution in [3.8, 4) is 23.3 Å². The number of rotatable bonds is 10. The number of halogens is 3. The van der Waals surface area contributed by atoms with E-state index in [-0.39, 0.29) is 24.7 Å². The number of hydrogen-bond donors (Lipinski definition) is 1. The molecule has 3 aromatic heterocycles. The lowest BCUT2D eigenvalue weighted by Crippen LogP contribution is -2.07. The van der Waals surface area contributed by atoms with Crippen molar-refractivity contribution in [3.05, 3.63) is 77.7 Å². The van der Waals surface area contributed by atoms with E-state index in [2.05, 4.69) is 15.2 Å². The molecular weight excluding hydrogens is 479 g/mol. The summed E-state index contributed by atoms with van der Waals surface area (Å²) >= 11 is 0. The lowest BCUT2D eigenvalue weighted by Gasteiger charge is -2.06. The van der Waals surface area contributed by atoms with E-state index in [1.807, 2.05) is 30.3 Å². The number of alkyl halides is 3. The van der Waals surface area contributed by atoms with Crippen molar-refractivity contribution in [2.45, 2.75) is 25.9 Å². The predicted molar refractivity (Wildman–Crippen MR) is 122 cm³/mol. The molecule has 0 saturated heterocycles. The van der Waals surface area contributed by atoms with Crippen LogP contribution in [0.3, 0.4) is 0 Å². The minimum Gasteiger partial charge on any atom is -0.481 e. The number of hydrogen-bond acceptors (Lipinski definition) is 6. The molecule has 0 amide bonds. The van der Waals surface area contributed by atoms with Gasteiger partial charge in [-0.3, -0.25) is 4.79 Å². The average molecular weight is 501 g/mol. The SMILES string of the molecule is CCOc1nn(-c2ccc(C(F)(F)F)cn2)cc1CCOc1nn(-c2ccccc2)cc1CC(=O)O. The van der Waals surface area contributed by atoms with Crippen LogP contribution in [0.5, 0.6) is 11.8 Å². The summed E-state index contributed by atoms with van der Waals surface area (Å²) in [6.45, 7) is 2.24. The molecule has 0 aliphatic carbocycles. The second-order valence-corrected chi connectivity index (χ2v) is 7.65. The third-order valence-electron chi connectivity index (χ3n) is 5.07. The van der Waals surface area contributed by atoms with Crippen LogP contribution in [0.1, 0.15) is 23.6 Å². The molecule has 4 aromatic rings. The van der Waals surface area contributed by atoms with E-state index in [9.17, 15) is 23.1 Å². The Kier molecular flexibility index (Phi) is 7.23. The molecule has 3 heterocycles. The topological polar surface area (TPSA) is 104 Å². The van der Waals surface area contributed by atoms with E-state index >= 15 is 0 Å². The monoisotopic (exact) mass is 501 g/mol. The molecule has 4 rings (SSSR count). The second kappa shape index (κ2) is 10.5. The van der Waals surface area contributed by atoms with Gasteiger partial charge in [0.05, 0.1) is 30.9 Å². The first-order valence-electron chi connectivity index (χ1n) is 11.0. The number of para-hydroxylation sites is 1. The first kappa shape index (κ1) is 24.8. The van der Waals surface area contributed by atoms with Crippen LogP contribution in [0.15, 0.2) is 61.1 Å². The van der Waals surface area contributed by atoms with Crippen LogP contribution in [-0.4, -0.2) is 48.8 Å². The van der Waals surface area contributed by atoms with Crippen molar-refractivity contribution in [1.82, 2.24) is 24.5 Å². The van der Waals surface area contributed by atoms with Gasteiger partial charge in [0.2, 0.25) is 11.8 Å². The van der Waals surface area contributed by atoms with Crippen molar-refractivity contribution in [1.29, 1.82) is 0 Å². The number of carbonyl (C=O) groups is 1. The van der Waals surface area contributed by atoms with Crippen molar-refractivity contribution in [2.24, 2.45) is 0 Å². The highest BCUT2D eigenvalue weighted by atomic mass is 19.4. The van der Waals surface area contributed by atoms with E-state index in [4.69, 9.17) is 9.47 Å². The molecule has 0 spiro atoms. The normalized spacial score (nSPS) is 11.4. The van der Waals surface area contributed by atoms with Gasteiger partial charge in [0.15, 0.2) is 5.82 Å². The van der Waals surface area contributed by atoms with Crippen molar-refractivity contribution in [3.63, 3.8) is 0 Å². The third kappa shape index (κ3) is 5.82. The molecular formula is C24H22F3N5O4.